The Morgan fingerprint density at radius 3 is 2.26 bits per heavy atom. The Morgan fingerprint density at radius 2 is 1.58 bits per heavy atom. The molecule has 2 aromatic rings. The van der Waals surface area contributed by atoms with Crippen LogP contribution in [0.4, 0.5) is 0 Å². The number of rotatable bonds is 11. The third-order valence-electron chi connectivity index (χ3n) is 4.32. The number of carbonyl (C=O) groups is 1. The van der Waals surface area contributed by atoms with Crippen LogP contribution in [0.25, 0.3) is 12.2 Å². The minimum Gasteiger partial charge on any atom is -0.508 e. The van der Waals surface area contributed by atoms with E-state index in [-0.39, 0.29) is 17.3 Å². The first-order valence-corrected chi connectivity index (χ1v) is 9.95. The summed E-state index contributed by atoms with van der Waals surface area (Å²) in [4.78, 5) is 12.1. The third-order valence-corrected chi connectivity index (χ3v) is 4.32. The highest BCUT2D eigenvalue weighted by Gasteiger charge is 2.05. The lowest BCUT2D eigenvalue weighted by Gasteiger charge is -2.10. The zero-order valence-corrected chi connectivity index (χ0v) is 18.0. The maximum absolute atomic E-state index is 12.1. The van der Waals surface area contributed by atoms with Gasteiger partial charge in [0.15, 0.2) is 28.8 Å². The van der Waals surface area contributed by atoms with Gasteiger partial charge in [-0.2, -0.15) is 0 Å². The van der Waals surface area contributed by atoms with E-state index in [1.807, 2.05) is 12.1 Å². The SMILES string of the molecule is CCCCOc1ccc(/C=C/C(O)=C/C(=O)/C=C/c2ccc(O)c(OC)c2)cc1OC. The average molecular weight is 424 g/mol. The van der Waals surface area contributed by atoms with Gasteiger partial charge in [-0.15, -0.1) is 0 Å². The molecule has 0 amide bonds. The van der Waals surface area contributed by atoms with Gasteiger partial charge in [0.1, 0.15) is 5.76 Å². The summed E-state index contributed by atoms with van der Waals surface area (Å²) in [7, 11) is 3.02. The van der Waals surface area contributed by atoms with E-state index in [0.717, 1.165) is 24.5 Å². The summed E-state index contributed by atoms with van der Waals surface area (Å²) in [6, 6.07) is 10.2. The number of hydrogen-bond acceptors (Lipinski definition) is 6. The fourth-order valence-electron chi connectivity index (χ4n) is 2.63. The van der Waals surface area contributed by atoms with Crippen molar-refractivity contribution in [1.29, 1.82) is 0 Å². The van der Waals surface area contributed by atoms with Crippen LogP contribution >= 0.6 is 0 Å². The van der Waals surface area contributed by atoms with Gasteiger partial charge in [-0.05, 0) is 54.0 Å². The summed E-state index contributed by atoms with van der Waals surface area (Å²) in [6.07, 6.45) is 9.12. The molecule has 0 fully saturated rings. The average Bonchev–Trinajstić information content (AvgIpc) is 2.77. The van der Waals surface area contributed by atoms with Crippen LogP contribution in [0.15, 0.2) is 60.4 Å². The Kier molecular flexibility index (Phi) is 9.23. The molecule has 2 N–H and O–H groups in total. The van der Waals surface area contributed by atoms with Gasteiger partial charge in [-0.25, -0.2) is 0 Å². The van der Waals surface area contributed by atoms with Crippen molar-refractivity contribution in [2.24, 2.45) is 0 Å². The molecule has 0 radical (unpaired) electrons. The molecule has 0 saturated carbocycles. The molecule has 0 aliphatic carbocycles. The lowest BCUT2D eigenvalue weighted by molar-refractivity contribution is -0.110. The van der Waals surface area contributed by atoms with Crippen molar-refractivity contribution in [2.75, 3.05) is 20.8 Å². The molecule has 0 unspecified atom stereocenters. The molecule has 0 aliphatic rings. The van der Waals surface area contributed by atoms with Crippen LogP contribution in [0, 0.1) is 0 Å². The van der Waals surface area contributed by atoms with Gasteiger partial charge < -0.3 is 24.4 Å². The summed E-state index contributed by atoms with van der Waals surface area (Å²) in [5, 5.41) is 19.6. The van der Waals surface area contributed by atoms with Crippen LogP contribution in [-0.4, -0.2) is 36.8 Å². The number of aromatic hydroxyl groups is 1. The predicted octanol–water partition coefficient (Wildman–Crippen LogP) is 5.33. The van der Waals surface area contributed by atoms with E-state index in [2.05, 4.69) is 6.92 Å². The maximum Gasteiger partial charge on any atom is 0.182 e. The number of ether oxygens (including phenoxy) is 3. The maximum atomic E-state index is 12.1. The second-order valence-corrected chi connectivity index (χ2v) is 6.68. The van der Waals surface area contributed by atoms with Gasteiger partial charge in [-0.3, -0.25) is 4.79 Å². The summed E-state index contributed by atoms with van der Waals surface area (Å²) in [5.74, 6) is 1.04. The van der Waals surface area contributed by atoms with Gasteiger partial charge in [0.05, 0.1) is 20.8 Å². The number of carbonyl (C=O) groups excluding carboxylic acids is 1. The number of benzene rings is 2. The van der Waals surface area contributed by atoms with Gasteiger partial charge in [0.2, 0.25) is 0 Å². The number of hydrogen-bond donors (Lipinski definition) is 2. The quantitative estimate of drug-likeness (QED) is 0.220. The molecule has 6 heteroatoms. The highest BCUT2D eigenvalue weighted by molar-refractivity contribution is 6.02. The Labute approximate surface area is 182 Å². The Bertz CT molecular complexity index is 972. The minimum absolute atomic E-state index is 0.0193. The number of phenolic OH excluding ortho intramolecular Hbond substituents is 1. The fourth-order valence-corrected chi connectivity index (χ4v) is 2.63. The second-order valence-electron chi connectivity index (χ2n) is 6.68. The molecule has 0 saturated heterocycles. The first-order valence-electron chi connectivity index (χ1n) is 9.95. The molecule has 31 heavy (non-hydrogen) atoms. The number of aliphatic hydroxyl groups excluding tert-OH is 1. The number of phenols is 1. The summed E-state index contributed by atoms with van der Waals surface area (Å²) in [6.45, 7) is 2.72. The molecule has 2 rings (SSSR count). The number of aliphatic hydroxyl groups is 1. The van der Waals surface area contributed by atoms with Crippen molar-refractivity contribution in [3.63, 3.8) is 0 Å². The molecule has 0 heterocycles. The molecule has 2 aromatic carbocycles. The highest BCUT2D eigenvalue weighted by Crippen LogP contribution is 2.29. The van der Waals surface area contributed by atoms with Crippen molar-refractivity contribution in [1.82, 2.24) is 0 Å². The van der Waals surface area contributed by atoms with Crippen LogP contribution in [0.2, 0.25) is 0 Å². The third kappa shape index (κ3) is 7.59. The second kappa shape index (κ2) is 12.1. The Morgan fingerprint density at radius 1 is 0.935 bits per heavy atom. The first-order chi connectivity index (χ1) is 15.0. The van der Waals surface area contributed by atoms with E-state index in [9.17, 15) is 15.0 Å². The summed E-state index contributed by atoms with van der Waals surface area (Å²) >= 11 is 0. The molecule has 6 nitrogen and oxygen atoms in total. The van der Waals surface area contributed by atoms with E-state index < -0.39 is 0 Å². The van der Waals surface area contributed by atoms with Crippen LogP contribution in [-0.2, 0) is 4.79 Å². The predicted molar refractivity (Wildman–Crippen MR) is 122 cm³/mol. The van der Waals surface area contributed by atoms with Crippen molar-refractivity contribution in [2.45, 2.75) is 19.8 Å². The van der Waals surface area contributed by atoms with E-state index in [4.69, 9.17) is 14.2 Å². The number of allylic oxidation sites excluding steroid dienone is 3. The topological polar surface area (TPSA) is 85.2 Å². The van der Waals surface area contributed by atoms with Crippen molar-refractivity contribution in [3.05, 3.63) is 71.5 Å². The van der Waals surface area contributed by atoms with Gasteiger partial charge in [-0.1, -0.05) is 37.6 Å². The molecule has 0 aliphatic heterocycles. The largest absolute Gasteiger partial charge is 0.508 e. The van der Waals surface area contributed by atoms with Gasteiger partial charge >= 0.3 is 0 Å². The van der Waals surface area contributed by atoms with E-state index >= 15 is 0 Å². The Hall–Kier alpha value is -3.67. The molecule has 0 aromatic heterocycles. The standard InChI is InChI=1S/C25H28O6/c1-4-5-14-31-23-13-9-19(16-25(23)30-3)7-11-21(27)17-20(26)10-6-18-8-12-22(28)24(15-18)29-2/h6-13,15-17,27-28H,4-5,14H2,1-3H3/b10-6+,11-7+,21-17-. The van der Waals surface area contributed by atoms with Crippen LogP contribution in [0.1, 0.15) is 30.9 Å². The van der Waals surface area contributed by atoms with E-state index in [0.29, 0.717) is 29.4 Å². The molecule has 0 atom stereocenters. The van der Waals surface area contributed by atoms with E-state index in [1.165, 1.54) is 25.3 Å². The normalized spacial score (nSPS) is 11.8. The lowest BCUT2D eigenvalue weighted by atomic mass is 10.1. The first kappa shape index (κ1) is 23.6. The Balaban J connectivity index is 2.02. The fraction of sp³-hybridized carbons (Fsp3) is 0.240. The molecule has 0 bridgehead atoms. The van der Waals surface area contributed by atoms with Gasteiger partial charge in [0.25, 0.3) is 0 Å². The minimum atomic E-state index is -0.383. The molecular weight excluding hydrogens is 396 g/mol. The summed E-state index contributed by atoms with van der Waals surface area (Å²) < 4.78 is 16.1. The number of ketones is 1. The van der Waals surface area contributed by atoms with Crippen molar-refractivity contribution in [3.8, 4) is 23.0 Å². The lowest BCUT2D eigenvalue weighted by Crippen LogP contribution is -1.98. The molecule has 0 spiro atoms. The number of methoxy groups -OCH3 is 2. The van der Waals surface area contributed by atoms with Crippen molar-refractivity contribution < 1.29 is 29.2 Å². The monoisotopic (exact) mass is 424 g/mol. The molecular formula is C25H28O6. The summed E-state index contributed by atoms with van der Waals surface area (Å²) in [5.41, 5.74) is 1.47. The van der Waals surface area contributed by atoms with E-state index in [1.54, 1.807) is 37.5 Å². The van der Waals surface area contributed by atoms with Crippen LogP contribution in [0.3, 0.4) is 0 Å². The van der Waals surface area contributed by atoms with Crippen LogP contribution in [0.5, 0.6) is 23.0 Å². The van der Waals surface area contributed by atoms with Gasteiger partial charge in [0, 0.05) is 6.08 Å². The van der Waals surface area contributed by atoms with Crippen LogP contribution < -0.4 is 14.2 Å². The number of unbranched alkanes of at least 4 members (excludes halogenated alkanes) is 1. The van der Waals surface area contributed by atoms with Crippen molar-refractivity contribution >= 4 is 17.9 Å². The zero-order valence-electron chi connectivity index (χ0n) is 18.0. The molecule has 164 valence electrons. The highest BCUT2D eigenvalue weighted by atomic mass is 16.5. The zero-order chi connectivity index (χ0) is 22.6. The smallest absolute Gasteiger partial charge is 0.182 e.